The molecule has 0 saturated carbocycles. The van der Waals surface area contributed by atoms with Gasteiger partial charge in [0, 0.05) is 24.0 Å². The number of anilines is 2. The molecule has 1 saturated heterocycles. The Labute approximate surface area is 113 Å². The van der Waals surface area contributed by atoms with Crippen LogP contribution in [0.1, 0.15) is 30.1 Å². The fourth-order valence-electron chi connectivity index (χ4n) is 2.51. The van der Waals surface area contributed by atoms with Crippen LogP contribution in [0.3, 0.4) is 0 Å². The van der Waals surface area contributed by atoms with Crippen LogP contribution in [0.4, 0.5) is 11.4 Å². The van der Waals surface area contributed by atoms with Gasteiger partial charge in [-0.3, -0.25) is 0 Å². The van der Waals surface area contributed by atoms with E-state index in [9.17, 15) is 4.79 Å². The van der Waals surface area contributed by atoms with Crippen LogP contribution in [0.5, 0.6) is 0 Å². The van der Waals surface area contributed by atoms with E-state index in [1.807, 2.05) is 6.07 Å². The molecule has 1 atom stereocenters. The summed E-state index contributed by atoms with van der Waals surface area (Å²) in [7, 11) is 0. The fraction of sp³-hybridized carbons (Fsp3) is 0.500. The molecular formula is C14H21N3O2. The van der Waals surface area contributed by atoms with Crippen LogP contribution in [-0.4, -0.2) is 41.7 Å². The lowest BCUT2D eigenvalue weighted by atomic mass is 10.1. The predicted octanol–water partition coefficient (Wildman–Crippen LogP) is 1.86. The molecule has 2 rings (SSSR count). The van der Waals surface area contributed by atoms with Crippen molar-refractivity contribution in [2.24, 2.45) is 0 Å². The lowest BCUT2D eigenvalue weighted by Crippen LogP contribution is -2.33. The van der Waals surface area contributed by atoms with Crippen LogP contribution in [-0.2, 0) is 0 Å². The number of hydrogen-bond acceptors (Lipinski definition) is 4. The minimum absolute atomic E-state index is 0.151. The summed E-state index contributed by atoms with van der Waals surface area (Å²) in [5, 5.41) is 12.4. The average Bonchev–Trinajstić information content (AvgIpc) is 2.84. The van der Waals surface area contributed by atoms with Gasteiger partial charge in [-0.2, -0.15) is 0 Å². The zero-order valence-electron chi connectivity index (χ0n) is 11.2. The second-order valence-electron chi connectivity index (χ2n) is 5.16. The normalized spacial score (nSPS) is 17.3. The van der Waals surface area contributed by atoms with Gasteiger partial charge in [0.15, 0.2) is 0 Å². The van der Waals surface area contributed by atoms with Crippen LogP contribution in [0, 0.1) is 0 Å². The summed E-state index contributed by atoms with van der Waals surface area (Å²) >= 11 is 0. The second kappa shape index (κ2) is 5.93. The summed E-state index contributed by atoms with van der Waals surface area (Å²) in [5.41, 5.74) is 6.89. The van der Waals surface area contributed by atoms with E-state index in [2.05, 4.69) is 17.1 Å². The van der Waals surface area contributed by atoms with Gasteiger partial charge in [0.05, 0.1) is 5.56 Å². The van der Waals surface area contributed by atoms with Gasteiger partial charge in [0.2, 0.25) is 0 Å². The Balaban J connectivity index is 1.98. The number of aromatic carboxylic acids is 1. The van der Waals surface area contributed by atoms with Crippen molar-refractivity contribution in [2.75, 3.05) is 30.7 Å². The van der Waals surface area contributed by atoms with Crippen LogP contribution in [0.2, 0.25) is 0 Å². The lowest BCUT2D eigenvalue weighted by Gasteiger charge is -2.22. The minimum atomic E-state index is -0.992. The molecule has 1 aliphatic rings. The molecule has 104 valence electrons. The number of carbonyl (C=O) groups is 1. The van der Waals surface area contributed by atoms with Crippen molar-refractivity contribution in [3.63, 3.8) is 0 Å². The molecule has 0 spiro atoms. The van der Waals surface area contributed by atoms with Gasteiger partial charge in [0.1, 0.15) is 0 Å². The Kier molecular flexibility index (Phi) is 4.27. The van der Waals surface area contributed by atoms with E-state index in [0.717, 1.165) is 25.3 Å². The van der Waals surface area contributed by atoms with Crippen LogP contribution in [0.25, 0.3) is 0 Å². The molecule has 0 aliphatic carbocycles. The fourth-order valence-corrected chi connectivity index (χ4v) is 2.51. The van der Waals surface area contributed by atoms with Crippen molar-refractivity contribution in [1.29, 1.82) is 0 Å². The first-order valence-corrected chi connectivity index (χ1v) is 6.68. The summed E-state index contributed by atoms with van der Waals surface area (Å²) in [6, 6.07) is 5.33. The van der Waals surface area contributed by atoms with E-state index in [4.69, 9.17) is 10.8 Å². The lowest BCUT2D eigenvalue weighted by molar-refractivity contribution is 0.0698. The molecule has 19 heavy (non-hydrogen) atoms. The second-order valence-corrected chi connectivity index (χ2v) is 5.16. The summed E-state index contributed by atoms with van der Waals surface area (Å²) < 4.78 is 0. The topological polar surface area (TPSA) is 78.6 Å². The standard InChI is InChI=1S/C14H21N3O2/c1-10(9-17-6-2-3-7-17)16-11-4-5-13(15)12(8-11)14(18)19/h4-5,8,10,16H,2-3,6-7,9,15H2,1H3,(H,18,19). The first-order chi connectivity index (χ1) is 9.06. The Morgan fingerprint density at radius 1 is 1.47 bits per heavy atom. The van der Waals surface area contributed by atoms with Gasteiger partial charge in [-0.25, -0.2) is 4.79 Å². The summed E-state index contributed by atoms with van der Waals surface area (Å²) in [4.78, 5) is 13.4. The molecule has 0 amide bonds. The molecule has 0 radical (unpaired) electrons. The molecular weight excluding hydrogens is 242 g/mol. The van der Waals surface area contributed by atoms with Crippen LogP contribution in [0.15, 0.2) is 18.2 Å². The zero-order valence-corrected chi connectivity index (χ0v) is 11.2. The van der Waals surface area contributed by atoms with E-state index in [0.29, 0.717) is 5.69 Å². The third kappa shape index (κ3) is 3.61. The van der Waals surface area contributed by atoms with Crippen molar-refractivity contribution in [3.05, 3.63) is 23.8 Å². The Hall–Kier alpha value is -1.75. The maximum atomic E-state index is 11.0. The Morgan fingerprint density at radius 2 is 2.16 bits per heavy atom. The Bertz CT molecular complexity index is 456. The molecule has 1 aromatic rings. The first-order valence-electron chi connectivity index (χ1n) is 6.68. The molecule has 5 nitrogen and oxygen atoms in total. The smallest absolute Gasteiger partial charge is 0.337 e. The Morgan fingerprint density at radius 3 is 2.79 bits per heavy atom. The first kappa shape index (κ1) is 13.7. The van der Waals surface area contributed by atoms with E-state index >= 15 is 0 Å². The van der Waals surface area contributed by atoms with Crippen molar-refractivity contribution in [3.8, 4) is 0 Å². The third-order valence-corrected chi connectivity index (χ3v) is 3.43. The van der Waals surface area contributed by atoms with Gasteiger partial charge < -0.3 is 21.1 Å². The molecule has 1 aromatic carbocycles. The van der Waals surface area contributed by atoms with Gasteiger partial charge in [-0.15, -0.1) is 0 Å². The maximum Gasteiger partial charge on any atom is 0.337 e. The number of hydrogen-bond donors (Lipinski definition) is 3. The van der Waals surface area contributed by atoms with Gasteiger partial charge >= 0.3 is 5.97 Å². The highest BCUT2D eigenvalue weighted by Crippen LogP contribution is 2.19. The van der Waals surface area contributed by atoms with Gasteiger partial charge in [-0.1, -0.05) is 0 Å². The third-order valence-electron chi connectivity index (χ3n) is 3.43. The molecule has 1 aliphatic heterocycles. The number of nitrogens with one attached hydrogen (secondary N) is 1. The highest BCUT2D eigenvalue weighted by molar-refractivity contribution is 5.94. The summed E-state index contributed by atoms with van der Waals surface area (Å²) in [6.45, 7) is 5.41. The SMILES string of the molecule is CC(CN1CCCC1)Nc1ccc(N)c(C(=O)O)c1. The van der Waals surface area contributed by atoms with Crippen molar-refractivity contribution >= 4 is 17.3 Å². The van der Waals surface area contributed by atoms with E-state index < -0.39 is 5.97 Å². The number of carboxylic acids is 1. The number of likely N-dealkylation sites (tertiary alicyclic amines) is 1. The average molecular weight is 263 g/mol. The summed E-state index contributed by atoms with van der Waals surface area (Å²) in [5.74, 6) is -0.992. The van der Waals surface area contributed by atoms with Gasteiger partial charge in [-0.05, 0) is 51.1 Å². The monoisotopic (exact) mass is 263 g/mol. The molecule has 0 bridgehead atoms. The van der Waals surface area contributed by atoms with Crippen molar-refractivity contribution < 1.29 is 9.90 Å². The van der Waals surface area contributed by atoms with Crippen LogP contribution >= 0.6 is 0 Å². The zero-order chi connectivity index (χ0) is 13.8. The molecule has 1 unspecified atom stereocenters. The highest BCUT2D eigenvalue weighted by Gasteiger charge is 2.15. The van der Waals surface area contributed by atoms with Crippen molar-refractivity contribution in [1.82, 2.24) is 4.90 Å². The van der Waals surface area contributed by atoms with Gasteiger partial charge in [0.25, 0.3) is 0 Å². The van der Waals surface area contributed by atoms with E-state index in [-0.39, 0.29) is 11.6 Å². The maximum absolute atomic E-state index is 11.0. The molecule has 0 aromatic heterocycles. The molecule has 1 fully saturated rings. The number of carboxylic acid groups (broad SMARTS) is 1. The summed E-state index contributed by atoms with van der Waals surface area (Å²) in [6.07, 6.45) is 2.55. The molecule has 1 heterocycles. The van der Waals surface area contributed by atoms with Crippen molar-refractivity contribution in [2.45, 2.75) is 25.8 Å². The number of benzene rings is 1. The number of rotatable bonds is 5. The number of nitrogen functional groups attached to an aromatic ring is 1. The van der Waals surface area contributed by atoms with Crippen LogP contribution < -0.4 is 11.1 Å². The van der Waals surface area contributed by atoms with E-state index in [1.54, 1.807) is 12.1 Å². The van der Waals surface area contributed by atoms with E-state index in [1.165, 1.54) is 12.8 Å². The quantitative estimate of drug-likeness (QED) is 0.707. The number of nitrogens with zero attached hydrogens (tertiary/aromatic N) is 1. The predicted molar refractivity (Wildman–Crippen MR) is 76.6 cm³/mol. The molecule has 4 N–H and O–H groups in total. The molecule has 5 heteroatoms. The number of nitrogens with two attached hydrogens (primary N) is 1. The minimum Gasteiger partial charge on any atom is -0.478 e. The highest BCUT2D eigenvalue weighted by atomic mass is 16.4. The largest absolute Gasteiger partial charge is 0.478 e.